The molecule has 8 nitrogen and oxygen atoms in total. The molecule has 0 radical (unpaired) electrons. The fourth-order valence-electron chi connectivity index (χ4n) is 4.14. The minimum Gasteiger partial charge on any atom is -0.416 e. The predicted octanol–water partition coefficient (Wildman–Crippen LogP) is 3.93. The second kappa shape index (κ2) is 8.52. The maximum Gasteiger partial charge on any atom is 0.253 e. The van der Waals surface area contributed by atoms with Crippen molar-refractivity contribution in [1.82, 2.24) is 30.1 Å². The summed E-state index contributed by atoms with van der Waals surface area (Å²) in [6.45, 7) is 8.41. The quantitative estimate of drug-likeness (QED) is 0.486. The zero-order chi connectivity index (χ0) is 21.6. The van der Waals surface area contributed by atoms with Crippen LogP contribution in [-0.2, 0) is 5.41 Å². The van der Waals surface area contributed by atoms with Crippen LogP contribution in [0.15, 0.2) is 45.7 Å². The fraction of sp³-hybridized carbons (Fsp3) is 0.391. The van der Waals surface area contributed by atoms with E-state index in [1.807, 2.05) is 12.1 Å². The zero-order valence-electron chi connectivity index (χ0n) is 18.4. The summed E-state index contributed by atoms with van der Waals surface area (Å²) in [5.74, 6) is 1.06. The van der Waals surface area contributed by atoms with Crippen molar-refractivity contribution in [3.63, 3.8) is 0 Å². The van der Waals surface area contributed by atoms with Crippen LogP contribution in [0.1, 0.15) is 50.8 Å². The molecule has 5 rings (SSSR count). The van der Waals surface area contributed by atoms with Crippen molar-refractivity contribution in [2.75, 3.05) is 13.1 Å². The van der Waals surface area contributed by atoms with E-state index in [9.17, 15) is 4.79 Å². The Morgan fingerprint density at radius 3 is 2.44 bits per heavy atom. The van der Waals surface area contributed by atoms with Gasteiger partial charge in [0.1, 0.15) is 11.2 Å². The van der Waals surface area contributed by atoms with Crippen LogP contribution in [0.4, 0.5) is 0 Å². The van der Waals surface area contributed by atoms with Crippen molar-refractivity contribution in [3.8, 4) is 22.9 Å². The van der Waals surface area contributed by atoms with Crippen molar-refractivity contribution >= 4 is 18.1 Å². The van der Waals surface area contributed by atoms with E-state index >= 15 is 0 Å². The van der Waals surface area contributed by atoms with Gasteiger partial charge in [0.15, 0.2) is 0 Å². The van der Waals surface area contributed by atoms with Crippen LogP contribution >= 0.6 is 12.4 Å². The van der Waals surface area contributed by atoms with Crippen LogP contribution in [-0.4, -0.2) is 37.9 Å². The van der Waals surface area contributed by atoms with E-state index in [-0.39, 0.29) is 23.4 Å². The van der Waals surface area contributed by atoms with Gasteiger partial charge < -0.3 is 14.7 Å². The van der Waals surface area contributed by atoms with E-state index in [2.05, 4.69) is 58.5 Å². The summed E-state index contributed by atoms with van der Waals surface area (Å²) in [5, 5.41) is 16.3. The van der Waals surface area contributed by atoms with Gasteiger partial charge >= 0.3 is 0 Å². The number of rotatable bonds is 3. The molecule has 9 heteroatoms. The lowest BCUT2D eigenvalue weighted by atomic mass is 9.87. The lowest BCUT2D eigenvalue weighted by molar-refractivity contribution is 0.446. The highest BCUT2D eigenvalue weighted by molar-refractivity contribution is 5.85. The predicted molar refractivity (Wildman–Crippen MR) is 125 cm³/mol. The molecule has 0 saturated carbocycles. The smallest absolute Gasteiger partial charge is 0.253 e. The van der Waals surface area contributed by atoms with Gasteiger partial charge in [0.2, 0.25) is 5.89 Å². The number of H-pyrrole nitrogens is 1. The molecule has 0 bridgehead atoms. The summed E-state index contributed by atoms with van der Waals surface area (Å²) >= 11 is 0. The minimum absolute atomic E-state index is 0. The third-order valence-electron chi connectivity index (χ3n) is 5.95. The number of hydrogen-bond acceptors (Lipinski definition) is 6. The Labute approximate surface area is 191 Å². The molecule has 0 spiro atoms. The first-order valence-electron chi connectivity index (χ1n) is 10.7. The molecule has 1 saturated heterocycles. The van der Waals surface area contributed by atoms with E-state index in [4.69, 9.17) is 4.42 Å². The molecule has 2 N–H and O–H groups in total. The Hall–Kier alpha value is -2.97. The zero-order valence-corrected chi connectivity index (χ0v) is 19.2. The Morgan fingerprint density at radius 2 is 1.75 bits per heavy atom. The average molecular weight is 455 g/mol. The second-order valence-electron chi connectivity index (χ2n) is 9.14. The van der Waals surface area contributed by atoms with Crippen molar-refractivity contribution in [1.29, 1.82) is 0 Å². The standard InChI is InChI=1S/C23H26N6O2.ClH/c1-23(2,3)16-6-4-15(5-7-16)21-27-28-22(31-21)17-13-25-29-18(12-19(30)26-20(17)29)14-8-10-24-11-9-14;/h4-7,12-14,24H,8-11H2,1-3H3,(H,26,30);1H. The average Bonchev–Trinajstić information content (AvgIpc) is 3.40. The summed E-state index contributed by atoms with van der Waals surface area (Å²) in [4.78, 5) is 15.3. The van der Waals surface area contributed by atoms with E-state index in [0.29, 0.717) is 28.9 Å². The topological polar surface area (TPSA) is 101 Å². The van der Waals surface area contributed by atoms with E-state index in [0.717, 1.165) is 37.2 Å². The van der Waals surface area contributed by atoms with E-state index in [1.54, 1.807) is 16.8 Å². The van der Waals surface area contributed by atoms with Crippen LogP contribution in [0, 0.1) is 0 Å². The minimum atomic E-state index is -0.153. The number of halogens is 1. The Bertz CT molecular complexity index is 1280. The normalized spacial score (nSPS) is 15.1. The third kappa shape index (κ3) is 4.08. The summed E-state index contributed by atoms with van der Waals surface area (Å²) in [5.41, 5.74) is 4.14. The van der Waals surface area contributed by atoms with Gasteiger partial charge in [0.25, 0.3) is 11.4 Å². The van der Waals surface area contributed by atoms with E-state index < -0.39 is 0 Å². The van der Waals surface area contributed by atoms with Crippen molar-refractivity contribution in [2.45, 2.75) is 44.9 Å². The van der Waals surface area contributed by atoms with Crippen LogP contribution < -0.4 is 10.9 Å². The van der Waals surface area contributed by atoms with Gasteiger partial charge in [-0.05, 0) is 49.0 Å². The molecular formula is C23H27ClN6O2. The monoisotopic (exact) mass is 454 g/mol. The summed E-state index contributed by atoms with van der Waals surface area (Å²) in [6, 6.07) is 9.79. The largest absolute Gasteiger partial charge is 0.416 e. The van der Waals surface area contributed by atoms with Gasteiger partial charge in [-0.3, -0.25) is 4.79 Å². The molecule has 4 heterocycles. The molecule has 1 aliphatic rings. The number of piperidine rings is 1. The molecule has 1 aliphatic heterocycles. The highest BCUT2D eigenvalue weighted by atomic mass is 35.5. The summed E-state index contributed by atoms with van der Waals surface area (Å²) in [7, 11) is 0. The van der Waals surface area contributed by atoms with Crippen LogP contribution in [0.2, 0.25) is 0 Å². The number of aromatic amines is 1. The molecule has 0 amide bonds. The molecular weight excluding hydrogens is 428 g/mol. The van der Waals surface area contributed by atoms with Gasteiger partial charge in [-0.2, -0.15) is 5.10 Å². The van der Waals surface area contributed by atoms with E-state index in [1.165, 1.54) is 5.56 Å². The molecule has 1 fully saturated rings. The van der Waals surface area contributed by atoms with Crippen molar-refractivity contribution < 1.29 is 4.42 Å². The van der Waals surface area contributed by atoms with Crippen molar-refractivity contribution in [3.05, 3.63) is 58.1 Å². The molecule has 0 atom stereocenters. The second-order valence-corrected chi connectivity index (χ2v) is 9.14. The first-order valence-corrected chi connectivity index (χ1v) is 10.7. The highest BCUT2D eigenvalue weighted by Gasteiger charge is 2.23. The highest BCUT2D eigenvalue weighted by Crippen LogP contribution is 2.30. The summed E-state index contributed by atoms with van der Waals surface area (Å²) < 4.78 is 7.77. The number of hydrogen-bond donors (Lipinski definition) is 2. The summed E-state index contributed by atoms with van der Waals surface area (Å²) in [6.07, 6.45) is 3.63. The third-order valence-corrected chi connectivity index (χ3v) is 5.95. The van der Waals surface area contributed by atoms with Gasteiger partial charge in [-0.1, -0.05) is 32.9 Å². The Morgan fingerprint density at radius 1 is 1.06 bits per heavy atom. The number of benzene rings is 1. The number of nitrogens with zero attached hydrogens (tertiary/aromatic N) is 4. The number of fused-ring (bicyclic) bond motifs is 1. The molecule has 0 unspecified atom stereocenters. The number of nitrogens with one attached hydrogen (secondary N) is 2. The number of aromatic nitrogens is 5. The SMILES string of the molecule is CC(C)(C)c1ccc(-c2nnc(-c3cnn4c(C5CCNCC5)cc(=O)[nH]c34)o2)cc1.Cl. The van der Waals surface area contributed by atoms with Gasteiger partial charge in [-0.25, -0.2) is 4.52 Å². The Balaban J connectivity index is 0.00000245. The first kappa shape index (κ1) is 22.2. The van der Waals surface area contributed by atoms with Crippen molar-refractivity contribution in [2.24, 2.45) is 0 Å². The van der Waals surface area contributed by atoms with Gasteiger partial charge in [0.05, 0.1) is 11.9 Å². The molecule has 0 aliphatic carbocycles. The molecule has 32 heavy (non-hydrogen) atoms. The fourth-order valence-corrected chi connectivity index (χ4v) is 4.14. The lowest BCUT2D eigenvalue weighted by Crippen LogP contribution is -2.28. The molecule has 4 aromatic rings. The van der Waals surface area contributed by atoms with Gasteiger partial charge in [-0.15, -0.1) is 22.6 Å². The Kier molecular flexibility index (Phi) is 5.92. The maximum atomic E-state index is 12.4. The molecule has 3 aromatic heterocycles. The van der Waals surface area contributed by atoms with Crippen LogP contribution in [0.5, 0.6) is 0 Å². The van der Waals surface area contributed by atoms with Crippen LogP contribution in [0.25, 0.3) is 28.6 Å². The molecule has 1 aromatic carbocycles. The molecule has 168 valence electrons. The lowest BCUT2D eigenvalue weighted by Gasteiger charge is -2.23. The van der Waals surface area contributed by atoms with Gasteiger partial charge in [0, 0.05) is 17.5 Å². The first-order chi connectivity index (χ1) is 14.9. The maximum absolute atomic E-state index is 12.4. The van der Waals surface area contributed by atoms with Crippen LogP contribution in [0.3, 0.4) is 0 Å².